The zero-order chi connectivity index (χ0) is 16.2. The van der Waals surface area contributed by atoms with Crippen molar-refractivity contribution in [3.63, 3.8) is 0 Å². The number of carbonyl (C=O) groups is 4. The van der Waals surface area contributed by atoms with Gasteiger partial charge in [-0.25, -0.2) is 14.2 Å². The zero-order valence-corrected chi connectivity index (χ0v) is 9.93. The highest BCUT2D eigenvalue weighted by Crippen LogP contribution is 2.25. The average molecular weight is 306 g/mol. The zero-order valence-electron chi connectivity index (χ0n) is 9.03. The summed E-state index contributed by atoms with van der Waals surface area (Å²) in [6.45, 7) is -1.84. The normalized spacial score (nSPS) is 9.11. The lowest BCUT2D eigenvalue weighted by atomic mass is 10.4. The lowest BCUT2D eigenvalue weighted by molar-refractivity contribution is -0.150. The molecule has 0 heterocycles. The molecular formula is C6H11O12P. The Bertz CT molecular complexity index is 332. The van der Waals surface area contributed by atoms with Crippen molar-refractivity contribution in [3.05, 3.63) is 0 Å². The van der Waals surface area contributed by atoms with Gasteiger partial charge in [0, 0.05) is 0 Å². The van der Waals surface area contributed by atoms with Crippen LogP contribution in [0.3, 0.4) is 0 Å². The summed E-state index contributed by atoms with van der Waals surface area (Å²) in [7, 11) is -4.64. The SMILES string of the molecule is O=C(O)C(=O)CO.O=C(O)C(=O)CO.O=P(O)(O)O. The first-order chi connectivity index (χ1) is 8.36. The maximum atomic E-state index is 9.66. The van der Waals surface area contributed by atoms with E-state index in [0.29, 0.717) is 0 Å². The molecule has 0 saturated heterocycles. The van der Waals surface area contributed by atoms with E-state index in [1.54, 1.807) is 0 Å². The van der Waals surface area contributed by atoms with E-state index < -0.39 is 44.5 Å². The lowest BCUT2D eigenvalue weighted by Gasteiger charge is -1.82. The first-order valence-electron chi connectivity index (χ1n) is 3.89. The van der Waals surface area contributed by atoms with Gasteiger partial charge in [0.15, 0.2) is 0 Å². The fraction of sp³-hybridized carbons (Fsp3) is 0.333. The van der Waals surface area contributed by atoms with Crippen LogP contribution in [-0.4, -0.2) is 71.8 Å². The summed E-state index contributed by atoms with van der Waals surface area (Å²) < 4.78 is 8.88. The predicted octanol–water partition coefficient (Wildman–Crippen LogP) is -3.66. The molecule has 0 aliphatic carbocycles. The minimum atomic E-state index is -4.64. The van der Waals surface area contributed by atoms with Crippen LogP contribution in [0.4, 0.5) is 0 Å². The molecule has 0 radical (unpaired) electrons. The summed E-state index contributed by atoms with van der Waals surface area (Å²) in [6.07, 6.45) is 0. The van der Waals surface area contributed by atoms with Crippen LogP contribution in [0.1, 0.15) is 0 Å². The van der Waals surface area contributed by atoms with E-state index in [0.717, 1.165) is 0 Å². The first-order valence-corrected chi connectivity index (χ1v) is 5.45. The summed E-state index contributed by atoms with van der Waals surface area (Å²) in [6, 6.07) is 0. The molecule has 7 N–H and O–H groups in total. The summed E-state index contributed by atoms with van der Waals surface area (Å²) in [5.74, 6) is -5.55. The quantitative estimate of drug-likeness (QED) is 0.197. The monoisotopic (exact) mass is 306 g/mol. The molecule has 19 heavy (non-hydrogen) atoms. The van der Waals surface area contributed by atoms with Gasteiger partial charge in [0.2, 0.25) is 0 Å². The number of hydrogen-bond donors (Lipinski definition) is 7. The lowest BCUT2D eigenvalue weighted by Crippen LogP contribution is -2.15. The van der Waals surface area contributed by atoms with Crippen LogP contribution in [-0.2, 0) is 23.7 Å². The number of hydrogen-bond acceptors (Lipinski definition) is 7. The van der Waals surface area contributed by atoms with Crippen LogP contribution in [0.15, 0.2) is 0 Å². The van der Waals surface area contributed by atoms with Crippen molar-refractivity contribution < 1.29 is 58.8 Å². The maximum absolute atomic E-state index is 9.66. The Morgan fingerprint density at radius 1 is 0.737 bits per heavy atom. The van der Waals surface area contributed by atoms with Gasteiger partial charge in [-0.05, 0) is 0 Å². The highest BCUT2D eigenvalue weighted by molar-refractivity contribution is 7.45. The van der Waals surface area contributed by atoms with Crippen LogP contribution in [0.25, 0.3) is 0 Å². The third kappa shape index (κ3) is 31.4. The second-order valence-corrected chi connectivity index (χ2v) is 3.31. The topological polar surface area (TPSA) is 227 Å². The van der Waals surface area contributed by atoms with Gasteiger partial charge in [-0.1, -0.05) is 0 Å². The van der Waals surface area contributed by atoms with Gasteiger partial charge >= 0.3 is 19.8 Å². The first kappa shape index (κ1) is 22.5. The Labute approximate surface area is 104 Å². The molecule has 12 nitrogen and oxygen atoms in total. The molecule has 0 aromatic rings. The number of carboxylic acid groups (broad SMARTS) is 2. The number of aliphatic hydroxyl groups excluding tert-OH is 2. The van der Waals surface area contributed by atoms with E-state index in [9.17, 15) is 19.2 Å². The molecule has 0 unspecified atom stereocenters. The van der Waals surface area contributed by atoms with Gasteiger partial charge in [0.1, 0.15) is 13.2 Å². The number of Topliss-reactive ketones (excluding diaryl/α,β-unsaturated/α-hetero) is 2. The summed E-state index contributed by atoms with van der Waals surface area (Å²) in [5, 5.41) is 30.9. The number of aliphatic hydroxyl groups is 2. The molecule has 0 aliphatic rings. The molecule has 0 aromatic heterocycles. The number of aliphatic carboxylic acids is 2. The van der Waals surface area contributed by atoms with Gasteiger partial charge in [0.05, 0.1) is 0 Å². The molecule has 0 aliphatic heterocycles. The molecule has 13 heteroatoms. The van der Waals surface area contributed by atoms with Gasteiger partial charge in [-0.3, -0.25) is 9.59 Å². The van der Waals surface area contributed by atoms with Crippen LogP contribution in [0.5, 0.6) is 0 Å². The Hall–Kier alpha value is -1.69. The van der Waals surface area contributed by atoms with Crippen molar-refractivity contribution in [1.82, 2.24) is 0 Å². The largest absolute Gasteiger partial charge is 0.475 e. The van der Waals surface area contributed by atoms with Gasteiger partial charge in [-0.2, -0.15) is 0 Å². The second kappa shape index (κ2) is 11.4. The Morgan fingerprint density at radius 3 is 0.895 bits per heavy atom. The van der Waals surface area contributed by atoms with E-state index in [1.165, 1.54) is 0 Å². The standard InChI is InChI=1S/2C3H4O4.H3O4P/c2*4-1-2(5)3(6)7;1-5(2,3)4/h2*4H,1H2,(H,6,7);(H3,1,2,3,4). The highest BCUT2D eigenvalue weighted by atomic mass is 31.2. The van der Waals surface area contributed by atoms with E-state index in [-0.39, 0.29) is 0 Å². The number of phosphoric acid groups is 1. The van der Waals surface area contributed by atoms with Crippen LogP contribution >= 0.6 is 7.82 Å². The summed E-state index contributed by atoms with van der Waals surface area (Å²) in [4.78, 5) is 59.7. The van der Waals surface area contributed by atoms with E-state index >= 15 is 0 Å². The predicted molar refractivity (Wildman–Crippen MR) is 53.7 cm³/mol. The number of carbonyl (C=O) groups excluding carboxylic acids is 2. The molecule has 0 atom stereocenters. The average Bonchev–Trinajstić information content (AvgIpc) is 2.25. The molecule has 0 aromatic carbocycles. The number of ketones is 2. The van der Waals surface area contributed by atoms with Gasteiger partial charge < -0.3 is 35.1 Å². The number of rotatable bonds is 4. The van der Waals surface area contributed by atoms with Crippen LogP contribution in [0, 0.1) is 0 Å². The molecule has 112 valence electrons. The van der Waals surface area contributed by atoms with Crippen molar-refractivity contribution >= 4 is 31.3 Å². The smallest absolute Gasteiger partial charge is 0.466 e. The second-order valence-electron chi connectivity index (χ2n) is 2.29. The molecule has 0 saturated carbocycles. The fourth-order valence-corrected chi connectivity index (χ4v) is 0.135. The minimum Gasteiger partial charge on any atom is -0.475 e. The minimum absolute atomic E-state index is 0.921. The molecule has 0 bridgehead atoms. The highest BCUT2D eigenvalue weighted by Gasteiger charge is 2.07. The third-order valence-corrected chi connectivity index (χ3v) is 0.764. The number of carboxylic acids is 2. The molecule has 0 spiro atoms. The van der Waals surface area contributed by atoms with E-state index in [4.69, 9.17) is 39.7 Å². The van der Waals surface area contributed by atoms with Crippen molar-refractivity contribution in [2.45, 2.75) is 0 Å². The fourth-order valence-electron chi connectivity index (χ4n) is 0.135. The van der Waals surface area contributed by atoms with Crippen molar-refractivity contribution in [2.75, 3.05) is 13.2 Å². The van der Waals surface area contributed by atoms with Crippen molar-refractivity contribution in [2.24, 2.45) is 0 Å². The molecule has 0 amide bonds. The molecule has 0 fully saturated rings. The Kier molecular flexibility index (Phi) is 13.5. The molecule has 0 rings (SSSR count). The van der Waals surface area contributed by atoms with Crippen LogP contribution < -0.4 is 0 Å². The third-order valence-electron chi connectivity index (χ3n) is 0.764. The van der Waals surface area contributed by atoms with Crippen LogP contribution in [0.2, 0.25) is 0 Å². The van der Waals surface area contributed by atoms with Crippen molar-refractivity contribution in [3.8, 4) is 0 Å². The van der Waals surface area contributed by atoms with Gasteiger partial charge in [-0.15, -0.1) is 0 Å². The Balaban J connectivity index is -0.000000206. The van der Waals surface area contributed by atoms with E-state index in [1.807, 2.05) is 0 Å². The summed E-state index contributed by atoms with van der Waals surface area (Å²) >= 11 is 0. The van der Waals surface area contributed by atoms with Crippen molar-refractivity contribution in [1.29, 1.82) is 0 Å². The van der Waals surface area contributed by atoms with Gasteiger partial charge in [0.25, 0.3) is 11.6 Å². The Morgan fingerprint density at radius 2 is 0.895 bits per heavy atom. The molecular weight excluding hydrogens is 295 g/mol. The van der Waals surface area contributed by atoms with E-state index in [2.05, 4.69) is 0 Å². The maximum Gasteiger partial charge on any atom is 0.466 e. The summed E-state index contributed by atoms with van der Waals surface area (Å²) in [5.41, 5.74) is 0.